The van der Waals surface area contributed by atoms with Crippen molar-refractivity contribution >= 4 is 22.2 Å². The third-order valence-corrected chi connectivity index (χ3v) is 3.78. The van der Waals surface area contributed by atoms with E-state index in [1.807, 2.05) is 19.9 Å². The van der Waals surface area contributed by atoms with Crippen molar-refractivity contribution in [2.24, 2.45) is 0 Å². The Balaban J connectivity index is 2.55. The van der Waals surface area contributed by atoms with Crippen molar-refractivity contribution < 1.29 is 4.79 Å². The molecule has 1 aromatic heterocycles. The van der Waals surface area contributed by atoms with Crippen LogP contribution in [-0.2, 0) is 6.42 Å². The van der Waals surface area contributed by atoms with Crippen LogP contribution in [0.25, 0.3) is 0 Å². The van der Waals surface area contributed by atoms with Crippen LogP contribution in [0.2, 0.25) is 0 Å². The summed E-state index contributed by atoms with van der Waals surface area (Å²) in [7, 11) is 0. The molecule has 0 bridgehead atoms. The summed E-state index contributed by atoms with van der Waals surface area (Å²) in [6.45, 7) is 6.11. The number of nitrogens with two attached hydrogens (primary N) is 1. The number of rotatable bonds is 7. The highest BCUT2D eigenvalue weighted by Gasteiger charge is 2.14. The van der Waals surface area contributed by atoms with Gasteiger partial charge in [0.1, 0.15) is 0 Å². The van der Waals surface area contributed by atoms with E-state index in [1.54, 1.807) is 11.3 Å². The van der Waals surface area contributed by atoms with Gasteiger partial charge in [-0.25, -0.2) is 0 Å². The number of hydrogen-bond donors (Lipinski definition) is 2. The molecule has 0 radical (unpaired) electrons. The molecule has 0 fully saturated rings. The topological polar surface area (TPSA) is 55.1 Å². The maximum Gasteiger partial charge on any atom is 0.254 e. The molecule has 1 amide bonds. The summed E-state index contributed by atoms with van der Waals surface area (Å²) in [5, 5.41) is 3.51. The summed E-state index contributed by atoms with van der Waals surface area (Å²) in [5.41, 5.74) is 6.54. The number of nitrogens with one attached hydrogen (secondary N) is 1. The molecule has 0 saturated carbocycles. The predicted octanol–water partition coefficient (Wildman–Crippen LogP) is 3.59. The van der Waals surface area contributed by atoms with Crippen LogP contribution < -0.4 is 11.1 Å². The maximum absolute atomic E-state index is 11.9. The third-order valence-electron chi connectivity index (χ3n) is 2.75. The average molecular weight is 268 g/mol. The molecule has 0 aromatic carbocycles. The second-order valence-corrected chi connectivity index (χ2v) is 6.10. The summed E-state index contributed by atoms with van der Waals surface area (Å²) in [4.78, 5) is 13.1. The van der Waals surface area contributed by atoms with Crippen LogP contribution >= 0.6 is 11.3 Å². The zero-order valence-corrected chi connectivity index (χ0v) is 12.4. The number of carbonyl (C=O) groups is 1. The van der Waals surface area contributed by atoms with Crippen molar-refractivity contribution in [3.63, 3.8) is 0 Å². The van der Waals surface area contributed by atoms with Gasteiger partial charge in [0.2, 0.25) is 0 Å². The molecule has 0 unspecified atom stereocenters. The molecule has 0 saturated heterocycles. The highest BCUT2D eigenvalue weighted by molar-refractivity contribution is 7.16. The maximum atomic E-state index is 11.9. The molecule has 0 aliphatic heterocycles. The first-order valence-corrected chi connectivity index (χ1v) is 7.55. The van der Waals surface area contributed by atoms with E-state index in [-0.39, 0.29) is 11.9 Å². The van der Waals surface area contributed by atoms with Crippen LogP contribution in [0.4, 0.5) is 5.00 Å². The molecule has 1 rings (SSSR count). The molecule has 0 atom stereocenters. The molecular weight excluding hydrogens is 244 g/mol. The molecule has 0 spiro atoms. The van der Waals surface area contributed by atoms with Gasteiger partial charge < -0.3 is 11.1 Å². The van der Waals surface area contributed by atoms with Gasteiger partial charge in [0.05, 0.1) is 10.6 Å². The van der Waals surface area contributed by atoms with Crippen molar-refractivity contribution in [1.82, 2.24) is 5.32 Å². The second-order valence-electron chi connectivity index (χ2n) is 4.93. The Labute approximate surface area is 114 Å². The minimum atomic E-state index is -0.0569. The Morgan fingerprint density at radius 3 is 2.72 bits per heavy atom. The normalized spacial score (nSPS) is 10.9. The highest BCUT2D eigenvalue weighted by atomic mass is 32.1. The van der Waals surface area contributed by atoms with E-state index in [0.29, 0.717) is 10.6 Å². The van der Waals surface area contributed by atoms with Gasteiger partial charge in [-0.1, -0.05) is 26.2 Å². The lowest BCUT2D eigenvalue weighted by Crippen LogP contribution is -2.30. The van der Waals surface area contributed by atoms with E-state index in [0.717, 1.165) is 6.42 Å². The molecule has 1 heterocycles. The zero-order chi connectivity index (χ0) is 13.5. The minimum Gasteiger partial charge on any atom is -0.390 e. The second kappa shape index (κ2) is 7.41. The van der Waals surface area contributed by atoms with Gasteiger partial charge in [-0.15, -0.1) is 11.3 Å². The summed E-state index contributed by atoms with van der Waals surface area (Å²) in [5.74, 6) is -0.0569. The fourth-order valence-electron chi connectivity index (χ4n) is 1.82. The number of thiophene rings is 1. The average Bonchev–Trinajstić information content (AvgIpc) is 2.65. The van der Waals surface area contributed by atoms with Gasteiger partial charge in [-0.05, 0) is 32.8 Å². The van der Waals surface area contributed by atoms with E-state index >= 15 is 0 Å². The monoisotopic (exact) mass is 268 g/mol. The van der Waals surface area contributed by atoms with Crippen LogP contribution in [0, 0.1) is 0 Å². The van der Waals surface area contributed by atoms with Crippen molar-refractivity contribution in [1.29, 1.82) is 0 Å². The molecule has 102 valence electrons. The molecule has 0 aliphatic carbocycles. The molecule has 0 aliphatic rings. The summed E-state index contributed by atoms with van der Waals surface area (Å²) < 4.78 is 0. The van der Waals surface area contributed by atoms with Crippen LogP contribution in [0.3, 0.4) is 0 Å². The first-order valence-electron chi connectivity index (χ1n) is 6.73. The molecule has 3 nitrogen and oxygen atoms in total. The quantitative estimate of drug-likeness (QED) is 0.742. The SMILES string of the molecule is CCCCCCc1cc(C(=O)NC(C)C)c(N)s1. The van der Waals surface area contributed by atoms with E-state index in [1.165, 1.54) is 30.6 Å². The number of aryl methyl sites for hydroxylation is 1. The summed E-state index contributed by atoms with van der Waals surface area (Å²) >= 11 is 1.54. The number of hydrogen-bond acceptors (Lipinski definition) is 3. The van der Waals surface area contributed by atoms with Crippen molar-refractivity contribution in [3.05, 3.63) is 16.5 Å². The highest BCUT2D eigenvalue weighted by Crippen LogP contribution is 2.26. The van der Waals surface area contributed by atoms with E-state index < -0.39 is 0 Å². The Morgan fingerprint density at radius 1 is 1.39 bits per heavy atom. The number of amides is 1. The van der Waals surface area contributed by atoms with E-state index in [4.69, 9.17) is 5.73 Å². The van der Waals surface area contributed by atoms with Crippen LogP contribution in [0.1, 0.15) is 61.7 Å². The standard InChI is InChI=1S/C14H24N2OS/c1-4-5-6-7-8-11-9-12(13(15)18-11)14(17)16-10(2)3/h9-10H,4-8,15H2,1-3H3,(H,16,17). The van der Waals surface area contributed by atoms with E-state index in [2.05, 4.69) is 12.2 Å². The van der Waals surface area contributed by atoms with Gasteiger partial charge in [-0.2, -0.15) is 0 Å². The molecule has 18 heavy (non-hydrogen) atoms. The first kappa shape index (κ1) is 15.0. The largest absolute Gasteiger partial charge is 0.390 e. The molecular formula is C14H24N2OS. The molecule has 3 N–H and O–H groups in total. The Kier molecular flexibility index (Phi) is 6.19. The third kappa shape index (κ3) is 4.69. The number of anilines is 1. The summed E-state index contributed by atoms with van der Waals surface area (Å²) in [6, 6.07) is 2.09. The van der Waals surface area contributed by atoms with Gasteiger partial charge in [0.15, 0.2) is 0 Å². The lowest BCUT2D eigenvalue weighted by atomic mass is 10.1. The van der Waals surface area contributed by atoms with Gasteiger partial charge in [0, 0.05) is 10.9 Å². The smallest absolute Gasteiger partial charge is 0.254 e. The van der Waals surface area contributed by atoms with Crippen LogP contribution in [-0.4, -0.2) is 11.9 Å². The van der Waals surface area contributed by atoms with Gasteiger partial charge >= 0.3 is 0 Å². The number of unbranched alkanes of at least 4 members (excludes halogenated alkanes) is 3. The Bertz CT molecular complexity index is 385. The molecule has 1 aromatic rings. The van der Waals surface area contributed by atoms with E-state index in [9.17, 15) is 4.79 Å². The Morgan fingerprint density at radius 2 is 2.11 bits per heavy atom. The van der Waals surface area contributed by atoms with Gasteiger partial charge in [-0.3, -0.25) is 4.79 Å². The minimum absolute atomic E-state index is 0.0569. The fourth-order valence-corrected chi connectivity index (χ4v) is 2.79. The molecule has 4 heteroatoms. The Hall–Kier alpha value is -1.03. The fraction of sp³-hybridized carbons (Fsp3) is 0.643. The predicted molar refractivity (Wildman–Crippen MR) is 79.2 cm³/mol. The number of carbonyl (C=O) groups excluding carboxylic acids is 1. The van der Waals surface area contributed by atoms with Gasteiger partial charge in [0.25, 0.3) is 5.91 Å². The van der Waals surface area contributed by atoms with Crippen molar-refractivity contribution in [3.8, 4) is 0 Å². The summed E-state index contributed by atoms with van der Waals surface area (Å²) in [6.07, 6.45) is 5.99. The first-order chi connectivity index (χ1) is 8.54. The lowest BCUT2D eigenvalue weighted by Gasteiger charge is -2.06. The van der Waals surface area contributed by atoms with Crippen LogP contribution in [0.5, 0.6) is 0 Å². The van der Waals surface area contributed by atoms with Crippen molar-refractivity contribution in [2.45, 2.75) is 58.9 Å². The van der Waals surface area contributed by atoms with Crippen LogP contribution in [0.15, 0.2) is 6.07 Å². The lowest BCUT2D eigenvalue weighted by molar-refractivity contribution is 0.0944. The van der Waals surface area contributed by atoms with Crippen molar-refractivity contribution in [2.75, 3.05) is 5.73 Å². The number of nitrogen functional groups attached to an aromatic ring is 1. The zero-order valence-electron chi connectivity index (χ0n) is 11.6.